The van der Waals surface area contributed by atoms with E-state index in [9.17, 15) is 4.79 Å². The summed E-state index contributed by atoms with van der Waals surface area (Å²) in [5.41, 5.74) is 3.22. The van der Waals surface area contributed by atoms with Crippen LogP contribution in [0.4, 0.5) is 11.5 Å². The zero-order valence-corrected chi connectivity index (χ0v) is 14.7. The van der Waals surface area contributed by atoms with Crippen molar-refractivity contribution in [1.29, 1.82) is 0 Å². The highest BCUT2D eigenvalue weighted by atomic mass is 35.5. The maximum atomic E-state index is 11.2. The Morgan fingerprint density at radius 2 is 2.13 bits per heavy atom. The van der Waals surface area contributed by atoms with E-state index in [0.717, 1.165) is 23.0 Å². The van der Waals surface area contributed by atoms with Crippen LogP contribution in [0, 0.1) is 13.8 Å². The fourth-order valence-corrected chi connectivity index (χ4v) is 3.03. The van der Waals surface area contributed by atoms with Crippen LogP contribution in [0.2, 0.25) is 5.15 Å². The van der Waals surface area contributed by atoms with Crippen LogP contribution in [0.5, 0.6) is 0 Å². The molecule has 0 aliphatic carbocycles. The Bertz CT molecular complexity index is 724. The van der Waals surface area contributed by atoms with Crippen molar-refractivity contribution in [2.24, 2.45) is 0 Å². The molecule has 1 aromatic heterocycles. The maximum absolute atomic E-state index is 11.2. The molecule has 1 aromatic carbocycles. The number of hydrogen-bond acceptors (Lipinski definition) is 5. The summed E-state index contributed by atoms with van der Waals surface area (Å²) in [7, 11) is 0. The first kappa shape index (κ1) is 17.6. The molecule has 0 saturated heterocycles. The molecule has 0 amide bonds. The smallest absolute Gasteiger partial charge is 0.317 e. The molecule has 0 spiro atoms. The van der Waals surface area contributed by atoms with E-state index in [4.69, 9.17) is 16.7 Å². The van der Waals surface area contributed by atoms with Crippen molar-refractivity contribution in [3.8, 4) is 0 Å². The molecule has 0 fully saturated rings. The summed E-state index contributed by atoms with van der Waals surface area (Å²) in [5.74, 6) is -0.341. The van der Waals surface area contributed by atoms with Crippen molar-refractivity contribution in [1.82, 2.24) is 9.97 Å². The number of nitrogens with zero attached hydrogens (tertiary/aromatic N) is 2. The van der Waals surface area contributed by atoms with Crippen LogP contribution < -0.4 is 5.32 Å². The number of anilines is 2. The van der Waals surface area contributed by atoms with Crippen LogP contribution in [0.15, 0.2) is 29.4 Å². The first-order chi connectivity index (χ1) is 10.9. The van der Waals surface area contributed by atoms with Gasteiger partial charge in [0.1, 0.15) is 16.2 Å². The Hall–Kier alpha value is -1.79. The highest BCUT2D eigenvalue weighted by Crippen LogP contribution is 2.27. The Morgan fingerprint density at radius 1 is 1.39 bits per heavy atom. The van der Waals surface area contributed by atoms with Crippen LogP contribution in [0.1, 0.15) is 24.5 Å². The van der Waals surface area contributed by atoms with Gasteiger partial charge in [-0.2, -0.15) is 0 Å². The van der Waals surface area contributed by atoms with E-state index >= 15 is 0 Å². The van der Waals surface area contributed by atoms with Crippen molar-refractivity contribution in [3.05, 3.63) is 40.5 Å². The van der Waals surface area contributed by atoms with Crippen LogP contribution >= 0.6 is 23.4 Å². The minimum atomic E-state index is -0.884. The average Bonchev–Trinajstić information content (AvgIpc) is 2.48. The van der Waals surface area contributed by atoms with Crippen molar-refractivity contribution in [2.75, 3.05) is 5.32 Å². The number of thioether (sulfide) groups is 1. The van der Waals surface area contributed by atoms with Gasteiger partial charge < -0.3 is 10.4 Å². The van der Waals surface area contributed by atoms with Crippen LogP contribution in [0.25, 0.3) is 0 Å². The predicted octanol–water partition coefficient (Wildman–Crippen LogP) is 4.45. The summed E-state index contributed by atoms with van der Waals surface area (Å²) in [5, 5.41) is 12.4. The van der Waals surface area contributed by atoms with Gasteiger partial charge in [-0.05, 0) is 37.5 Å². The molecule has 1 atom stereocenters. The number of nitrogens with one attached hydrogen (secondary N) is 1. The molecule has 23 heavy (non-hydrogen) atoms. The third-order valence-corrected chi connectivity index (χ3v) is 4.84. The molecular weight excluding hydrogens is 334 g/mol. The zero-order chi connectivity index (χ0) is 17.0. The van der Waals surface area contributed by atoms with Gasteiger partial charge in [-0.15, -0.1) is 0 Å². The molecule has 7 heteroatoms. The van der Waals surface area contributed by atoms with Gasteiger partial charge in [0.25, 0.3) is 0 Å². The van der Waals surface area contributed by atoms with Crippen molar-refractivity contribution in [3.63, 3.8) is 0 Å². The lowest BCUT2D eigenvalue weighted by Crippen LogP contribution is -2.15. The summed E-state index contributed by atoms with van der Waals surface area (Å²) in [6, 6.07) is 7.57. The molecule has 2 aromatic rings. The number of aromatic nitrogens is 2. The second-order valence-electron chi connectivity index (χ2n) is 5.08. The molecule has 0 aliphatic rings. The summed E-state index contributed by atoms with van der Waals surface area (Å²) in [4.78, 5) is 19.6. The van der Waals surface area contributed by atoms with Crippen molar-refractivity contribution in [2.45, 2.75) is 37.6 Å². The summed E-state index contributed by atoms with van der Waals surface area (Å²) < 4.78 is 0. The SMILES string of the molecule is CCC(Sc1nc(Cl)cc(Nc2cccc(C)c2C)n1)C(=O)O. The molecule has 0 radical (unpaired) electrons. The van der Waals surface area contributed by atoms with Crippen LogP contribution in [-0.2, 0) is 4.79 Å². The fraction of sp³-hybridized carbons (Fsp3) is 0.312. The van der Waals surface area contributed by atoms with Crippen LogP contribution in [-0.4, -0.2) is 26.3 Å². The quantitative estimate of drug-likeness (QED) is 0.455. The van der Waals surface area contributed by atoms with Gasteiger partial charge in [0.05, 0.1) is 0 Å². The fourth-order valence-electron chi connectivity index (χ4n) is 1.97. The second kappa shape index (κ2) is 7.66. The molecule has 0 aliphatic heterocycles. The molecule has 0 saturated carbocycles. The lowest BCUT2D eigenvalue weighted by atomic mass is 10.1. The Kier molecular flexibility index (Phi) is 5.85. The minimum Gasteiger partial charge on any atom is -0.480 e. The van der Waals surface area contributed by atoms with Gasteiger partial charge in [-0.1, -0.05) is 42.4 Å². The normalized spacial score (nSPS) is 12.0. The number of carboxylic acids is 1. The number of carbonyl (C=O) groups is 1. The molecule has 5 nitrogen and oxygen atoms in total. The van der Waals surface area contributed by atoms with Crippen LogP contribution in [0.3, 0.4) is 0 Å². The summed E-state index contributed by atoms with van der Waals surface area (Å²) >= 11 is 7.14. The topological polar surface area (TPSA) is 75.1 Å². The summed E-state index contributed by atoms with van der Waals surface area (Å²) in [6.07, 6.45) is 0.482. The first-order valence-corrected chi connectivity index (χ1v) is 8.43. The molecule has 2 N–H and O–H groups in total. The third kappa shape index (κ3) is 4.59. The highest BCUT2D eigenvalue weighted by molar-refractivity contribution is 8.00. The van der Waals surface area contributed by atoms with Gasteiger partial charge in [0.2, 0.25) is 0 Å². The Morgan fingerprint density at radius 3 is 2.78 bits per heavy atom. The van der Waals surface area contributed by atoms with Crippen molar-refractivity contribution >= 4 is 40.8 Å². The number of carboxylic acid groups (broad SMARTS) is 1. The number of rotatable bonds is 6. The van der Waals surface area contributed by atoms with Gasteiger partial charge in [0.15, 0.2) is 5.16 Å². The monoisotopic (exact) mass is 351 g/mol. The van der Waals surface area contributed by atoms with E-state index in [1.807, 2.05) is 39.0 Å². The van der Waals surface area contributed by atoms with E-state index < -0.39 is 11.2 Å². The molecule has 1 unspecified atom stereocenters. The molecule has 0 bridgehead atoms. The number of aryl methyl sites for hydroxylation is 1. The van der Waals surface area contributed by atoms with E-state index in [1.54, 1.807) is 6.07 Å². The predicted molar refractivity (Wildman–Crippen MR) is 93.8 cm³/mol. The maximum Gasteiger partial charge on any atom is 0.317 e. The van der Waals surface area contributed by atoms with E-state index in [2.05, 4.69) is 15.3 Å². The van der Waals surface area contributed by atoms with Gasteiger partial charge in [-0.25, -0.2) is 9.97 Å². The van der Waals surface area contributed by atoms with E-state index in [1.165, 1.54) is 5.56 Å². The average molecular weight is 352 g/mol. The third-order valence-electron chi connectivity index (χ3n) is 3.44. The molecule has 1 heterocycles. The number of aliphatic carboxylic acids is 1. The Balaban J connectivity index is 2.26. The largest absolute Gasteiger partial charge is 0.480 e. The molecular formula is C16H18ClN3O2S. The summed E-state index contributed by atoms with van der Waals surface area (Å²) in [6.45, 7) is 5.87. The zero-order valence-electron chi connectivity index (χ0n) is 13.1. The second-order valence-corrected chi connectivity index (χ2v) is 6.64. The van der Waals surface area contributed by atoms with Gasteiger partial charge in [0, 0.05) is 11.8 Å². The van der Waals surface area contributed by atoms with E-state index in [0.29, 0.717) is 17.4 Å². The van der Waals surface area contributed by atoms with Gasteiger partial charge >= 0.3 is 5.97 Å². The number of halogens is 1. The van der Waals surface area contributed by atoms with Gasteiger partial charge in [-0.3, -0.25) is 4.79 Å². The molecule has 122 valence electrons. The molecule has 2 rings (SSSR count). The highest BCUT2D eigenvalue weighted by Gasteiger charge is 2.19. The van der Waals surface area contributed by atoms with E-state index in [-0.39, 0.29) is 5.15 Å². The lowest BCUT2D eigenvalue weighted by molar-refractivity contribution is -0.136. The number of benzene rings is 1. The Labute approximate surface area is 144 Å². The standard InChI is InChI=1S/C16H18ClN3O2S/c1-4-12(15(21)22)23-16-19-13(17)8-14(20-16)18-11-7-5-6-9(2)10(11)3/h5-8,12H,4H2,1-3H3,(H,21,22)(H,18,19,20). The first-order valence-electron chi connectivity index (χ1n) is 7.18. The van der Waals surface area contributed by atoms with Crippen molar-refractivity contribution < 1.29 is 9.90 Å². The lowest BCUT2D eigenvalue weighted by Gasteiger charge is -2.13. The minimum absolute atomic E-state index is 0.274. The number of hydrogen-bond donors (Lipinski definition) is 2.